The maximum absolute atomic E-state index is 13.7. The van der Waals surface area contributed by atoms with Gasteiger partial charge in [-0.3, -0.25) is 9.59 Å². The number of hydrogen-bond acceptors (Lipinski definition) is 9. The van der Waals surface area contributed by atoms with Crippen LogP contribution < -0.4 is 20.3 Å². The lowest BCUT2D eigenvalue weighted by molar-refractivity contribution is -0.253. The molecule has 13 heteroatoms. The number of anilines is 1. The van der Waals surface area contributed by atoms with Gasteiger partial charge in [0.15, 0.2) is 6.29 Å². The zero-order chi connectivity index (χ0) is 42.4. The summed E-state index contributed by atoms with van der Waals surface area (Å²) in [5, 5.41) is 15.7. The van der Waals surface area contributed by atoms with Crippen LogP contribution in [0.4, 0.5) is 5.69 Å². The second kappa shape index (κ2) is 18.7. The molecular formula is C48H53N5O7S. The van der Waals surface area contributed by atoms with Crippen molar-refractivity contribution in [2.75, 3.05) is 31.2 Å². The Balaban J connectivity index is 0.936. The number of sulfonamides is 1. The van der Waals surface area contributed by atoms with Crippen molar-refractivity contribution < 1.29 is 32.6 Å². The van der Waals surface area contributed by atoms with Gasteiger partial charge in [-0.05, 0) is 72.7 Å². The predicted octanol–water partition coefficient (Wildman–Crippen LogP) is 5.67. The molecule has 61 heavy (non-hydrogen) atoms. The highest BCUT2D eigenvalue weighted by Gasteiger charge is 2.50. The third kappa shape index (κ3) is 9.88. The molecule has 5 aromatic rings. The summed E-state index contributed by atoms with van der Waals surface area (Å²) in [4.78, 5) is 31.7. The van der Waals surface area contributed by atoms with E-state index in [1.165, 1.54) is 12.1 Å². The Morgan fingerprint density at radius 2 is 1.46 bits per heavy atom. The molecule has 5 aromatic carbocycles. The van der Waals surface area contributed by atoms with Crippen LogP contribution in [0, 0.1) is 6.92 Å². The summed E-state index contributed by atoms with van der Waals surface area (Å²) in [5.74, 6) is -0.354. The largest absolute Gasteiger partial charge is 0.392 e. The molecule has 3 fully saturated rings. The van der Waals surface area contributed by atoms with Crippen LogP contribution in [0.2, 0.25) is 0 Å². The number of aliphatic hydroxyl groups excluding tert-OH is 1. The highest BCUT2D eigenvalue weighted by molar-refractivity contribution is 7.89. The lowest BCUT2D eigenvalue weighted by Crippen LogP contribution is -2.57. The molecule has 3 saturated heterocycles. The van der Waals surface area contributed by atoms with E-state index in [0.717, 1.165) is 52.2 Å². The van der Waals surface area contributed by atoms with Gasteiger partial charge in [0.05, 0.1) is 30.4 Å². The molecule has 3 heterocycles. The molecule has 4 atom stereocenters. The van der Waals surface area contributed by atoms with Gasteiger partial charge in [0.1, 0.15) is 11.6 Å². The van der Waals surface area contributed by atoms with Crippen molar-refractivity contribution in [2.45, 2.75) is 80.7 Å². The van der Waals surface area contributed by atoms with Gasteiger partial charge in [-0.2, -0.15) is 4.72 Å². The fourth-order valence-electron chi connectivity index (χ4n) is 8.57. The average molecular weight is 844 g/mol. The number of aliphatic hydroxyl groups is 1. The van der Waals surface area contributed by atoms with E-state index in [4.69, 9.17) is 9.47 Å². The van der Waals surface area contributed by atoms with Crippen LogP contribution in [0.25, 0.3) is 0 Å². The summed E-state index contributed by atoms with van der Waals surface area (Å²) < 4.78 is 42.7. The monoisotopic (exact) mass is 843 g/mol. The fraction of sp³-hybridized carbons (Fsp3) is 0.333. The topological polar surface area (TPSA) is 150 Å². The number of ether oxygens (including phenoxy) is 2. The second-order valence-corrected chi connectivity index (χ2v) is 18.0. The highest BCUT2D eigenvalue weighted by Crippen LogP contribution is 2.40. The highest BCUT2D eigenvalue weighted by atomic mass is 32.2. The number of nitrogens with one attached hydrogen (secondary N) is 3. The molecule has 8 rings (SSSR count). The molecule has 12 nitrogen and oxygen atoms in total. The van der Waals surface area contributed by atoms with E-state index in [1.807, 2.05) is 104 Å². The number of carbonyl (C=O) groups excluding carboxylic acids is 2. The average Bonchev–Trinajstić information content (AvgIpc) is 3.60. The first kappa shape index (κ1) is 42.3. The fourth-order valence-corrected chi connectivity index (χ4v) is 9.77. The first-order chi connectivity index (χ1) is 29.6. The third-order valence-corrected chi connectivity index (χ3v) is 13.6. The standard InChI is InChI=1S/C48H53N5O7S/c1-34-12-22-42(23-13-34)61(57,58)51-43(28-35-8-4-2-5-9-35)45(55)49-30-36-14-20-39(21-15-36)46-59-41(29-44(60-46)38-18-16-37(32-54)17-19-38)31-52-26-24-48(25-27-52)47(56)50-33-53(48)40-10-6-3-7-11-40/h2-23,41,43-44,46,51,54H,24-33H2,1H3,(H,49,55)(H,50,56)/t41-,43-,44+,46+/m1/s1. The van der Waals surface area contributed by atoms with E-state index >= 15 is 0 Å². The summed E-state index contributed by atoms with van der Waals surface area (Å²) in [6.45, 7) is 4.70. The van der Waals surface area contributed by atoms with Gasteiger partial charge in [0.2, 0.25) is 21.8 Å². The molecule has 0 aliphatic carbocycles. The Hall–Kier alpha value is -5.41. The number of hydrogen-bond donors (Lipinski definition) is 4. The van der Waals surface area contributed by atoms with Crippen LogP contribution in [-0.4, -0.2) is 74.2 Å². The van der Waals surface area contributed by atoms with Crippen molar-refractivity contribution in [2.24, 2.45) is 0 Å². The van der Waals surface area contributed by atoms with Crippen molar-refractivity contribution in [1.82, 2.24) is 20.3 Å². The van der Waals surface area contributed by atoms with Crippen molar-refractivity contribution in [3.05, 3.63) is 167 Å². The molecule has 3 aliphatic rings. The van der Waals surface area contributed by atoms with Crippen molar-refractivity contribution in [3.63, 3.8) is 0 Å². The van der Waals surface area contributed by atoms with Gasteiger partial charge in [-0.15, -0.1) is 0 Å². The summed E-state index contributed by atoms with van der Waals surface area (Å²) in [6.07, 6.45) is 1.13. The number of rotatable bonds is 14. The lowest BCUT2D eigenvalue weighted by Gasteiger charge is -2.45. The molecule has 2 amide bonds. The van der Waals surface area contributed by atoms with Crippen molar-refractivity contribution >= 4 is 27.5 Å². The van der Waals surface area contributed by atoms with E-state index in [9.17, 15) is 23.1 Å². The van der Waals surface area contributed by atoms with Gasteiger partial charge >= 0.3 is 0 Å². The van der Waals surface area contributed by atoms with Crippen LogP contribution in [0.1, 0.15) is 65.0 Å². The van der Waals surface area contributed by atoms with Crippen molar-refractivity contribution in [1.29, 1.82) is 0 Å². The van der Waals surface area contributed by atoms with E-state index in [-0.39, 0.29) is 42.6 Å². The van der Waals surface area contributed by atoms with Crippen LogP contribution >= 0.6 is 0 Å². The van der Waals surface area contributed by atoms with E-state index in [2.05, 4.69) is 37.3 Å². The minimum absolute atomic E-state index is 0.0418. The molecule has 0 saturated carbocycles. The molecule has 318 valence electrons. The van der Waals surface area contributed by atoms with E-state index in [0.29, 0.717) is 32.5 Å². The Labute approximate surface area is 357 Å². The number of likely N-dealkylation sites (tertiary alicyclic amines) is 1. The number of para-hydroxylation sites is 1. The minimum Gasteiger partial charge on any atom is -0.392 e. The summed E-state index contributed by atoms with van der Waals surface area (Å²) in [7, 11) is -3.98. The third-order valence-electron chi connectivity index (χ3n) is 12.1. The van der Waals surface area contributed by atoms with Gasteiger partial charge < -0.3 is 35.0 Å². The minimum atomic E-state index is -3.98. The number of carbonyl (C=O) groups is 2. The van der Waals surface area contributed by atoms with Gasteiger partial charge in [0, 0.05) is 43.9 Å². The molecule has 3 aliphatic heterocycles. The zero-order valence-corrected chi connectivity index (χ0v) is 35.1. The maximum Gasteiger partial charge on any atom is 0.247 e. The van der Waals surface area contributed by atoms with Crippen LogP contribution in [0.5, 0.6) is 0 Å². The first-order valence-electron chi connectivity index (χ1n) is 20.9. The Bertz CT molecular complexity index is 2360. The van der Waals surface area contributed by atoms with Crippen LogP contribution in [-0.2, 0) is 48.7 Å². The number of nitrogens with zero attached hydrogens (tertiary/aromatic N) is 2. The SMILES string of the molecule is Cc1ccc(S(=O)(=O)N[C@H](Cc2ccccc2)C(=O)NCc2ccc([C@H]3O[C@@H](CN4CCC5(CC4)C(=O)NCN5c4ccccc4)C[C@@H](c4ccc(CO)cc4)O3)cc2)cc1. The molecule has 0 unspecified atom stereocenters. The van der Waals surface area contributed by atoms with E-state index < -0.39 is 33.8 Å². The quantitative estimate of drug-likeness (QED) is 0.111. The smallest absolute Gasteiger partial charge is 0.247 e. The maximum atomic E-state index is 13.7. The Morgan fingerprint density at radius 1 is 0.820 bits per heavy atom. The summed E-state index contributed by atoms with van der Waals surface area (Å²) >= 11 is 0. The van der Waals surface area contributed by atoms with Crippen molar-refractivity contribution in [3.8, 4) is 0 Å². The van der Waals surface area contributed by atoms with Crippen LogP contribution in [0.3, 0.4) is 0 Å². The van der Waals surface area contributed by atoms with Gasteiger partial charge in [-0.25, -0.2) is 8.42 Å². The predicted molar refractivity (Wildman–Crippen MR) is 232 cm³/mol. The summed E-state index contributed by atoms with van der Waals surface area (Å²) in [6, 6.07) is 40.4. The Morgan fingerprint density at radius 3 is 2.13 bits per heavy atom. The number of benzene rings is 5. The molecular weight excluding hydrogens is 791 g/mol. The van der Waals surface area contributed by atoms with Gasteiger partial charge in [-0.1, -0.05) is 115 Å². The number of piperidine rings is 1. The summed E-state index contributed by atoms with van der Waals surface area (Å²) in [5.41, 5.74) is 5.69. The number of amides is 2. The van der Waals surface area contributed by atoms with E-state index in [1.54, 1.807) is 12.1 Å². The molecule has 4 N–H and O–H groups in total. The molecule has 0 aromatic heterocycles. The van der Waals surface area contributed by atoms with Gasteiger partial charge in [0.25, 0.3) is 0 Å². The Kier molecular flexibility index (Phi) is 13.0. The first-order valence-corrected chi connectivity index (χ1v) is 22.4. The van der Waals surface area contributed by atoms with Crippen LogP contribution in [0.15, 0.2) is 138 Å². The molecule has 0 radical (unpaired) electrons. The normalized spacial score (nSPS) is 20.9. The number of aryl methyl sites for hydroxylation is 1. The molecule has 0 bridgehead atoms. The lowest BCUT2D eigenvalue weighted by atomic mass is 9.85. The molecule has 1 spiro atoms. The zero-order valence-electron chi connectivity index (χ0n) is 34.3. The second-order valence-electron chi connectivity index (χ2n) is 16.2.